The van der Waals surface area contributed by atoms with Crippen LogP contribution in [0.5, 0.6) is 0 Å². The molecule has 0 saturated heterocycles. The molecule has 2 aromatic rings. The van der Waals surface area contributed by atoms with Gasteiger partial charge in [0, 0.05) is 11.1 Å². The molecule has 0 aliphatic rings. The topological polar surface area (TPSA) is 25.2 Å². The molecule has 1 aromatic carbocycles. The maximum absolute atomic E-state index is 5.22. The number of benzene rings is 1. The Hall–Kier alpha value is -1.35. The van der Waals surface area contributed by atoms with Crippen molar-refractivity contribution in [3.05, 3.63) is 30.5 Å². The fourth-order valence-corrected chi connectivity index (χ4v) is 1.37. The largest absolute Gasteiger partial charge is 0.464 e. The van der Waals surface area contributed by atoms with Gasteiger partial charge in [-0.3, -0.25) is 0 Å². The third kappa shape index (κ3) is 1.70. The van der Waals surface area contributed by atoms with Crippen LogP contribution in [0.25, 0.3) is 11.0 Å². The summed E-state index contributed by atoms with van der Waals surface area (Å²) in [5, 5.41) is 4.16. The van der Waals surface area contributed by atoms with Gasteiger partial charge in [0.25, 0.3) is 0 Å². The second kappa shape index (κ2) is 3.18. The lowest BCUT2D eigenvalue weighted by atomic mass is 10.2. The molecular weight excluding hydrogens is 182 g/mol. The Balaban J connectivity index is 2.42. The lowest BCUT2D eigenvalue weighted by Gasteiger charge is -2.02. The van der Waals surface area contributed by atoms with Crippen LogP contribution in [0.1, 0.15) is 6.92 Å². The number of hydrogen-bond donors (Lipinski definition) is 1. The van der Waals surface area contributed by atoms with Gasteiger partial charge in [0.1, 0.15) is 5.58 Å². The molecule has 13 heavy (non-hydrogen) atoms. The lowest BCUT2D eigenvalue weighted by molar-refractivity contribution is 0.616. The molecule has 0 amide bonds. The molecule has 66 valence electrons. The van der Waals surface area contributed by atoms with Gasteiger partial charge in [0.05, 0.1) is 11.3 Å². The quantitative estimate of drug-likeness (QED) is 0.701. The number of hydrogen-bond acceptors (Lipinski definition) is 2. The van der Waals surface area contributed by atoms with Crippen molar-refractivity contribution in [3.8, 4) is 0 Å². The molecule has 0 radical (unpaired) electrons. The molecule has 0 saturated carbocycles. The predicted octanol–water partition coefficient (Wildman–Crippen LogP) is 3.19. The number of furan rings is 1. The lowest BCUT2D eigenvalue weighted by Crippen LogP contribution is -2.02. The van der Waals surface area contributed by atoms with E-state index in [2.05, 4.69) is 5.32 Å². The summed E-state index contributed by atoms with van der Waals surface area (Å²) in [5.74, 6) is 0. The zero-order valence-corrected chi connectivity index (χ0v) is 8.02. The number of rotatable bonds is 1. The van der Waals surface area contributed by atoms with Crippen molar-refractivity contribution in [3.63, 3.8) is 0 Å². The molecule has 2 nitrogen and oxygen atoms in total. The van der Waals surface area contributed by atoms with Crippen molar-refractivity contribution in [1.29, 1.82) is 0 Å². The highest BCUT2D eigenvalue weighted by atomic mass is 32.1. The Bertz CT molecular complexity index is 447. The van der Waals surface area contributed by atoms with Crippen molar-refractivity contribution in [1.82, 2.24) is 0 Å². The third-order valence-corrected chi connectivity index (χ3v) is 1.87. The van der Waals surface area contributed by atoms with Gasteiger partial charge in [-0.1, -0.05) is 12.2 Å². The van der Waals surface area contributed by atoms with E-state index in [1.807, 2.05) is 31.2 Å². The van der Waals surface area contributed by atoms with Crippen LogP contribution in [0.2, 0.25) is 0 Å². The minimum Gasteiger partial charge on any atom is -0.464 e. The van der Waals surface area contributed by atoms with Crippen LogP contribution in [0.3, 0.4) is 0 Å². The van der Waals surface area contributed by atoms with E-state index in [1.54, 1.807) is 6.26 Å². The average molecular weight is 191 g/mol. The van der Waals surface area contributed by atoms with Crippen LogP contribution < -0.4 is 5.32 Å². The molecule has 1 N–H and O–H groups in total. The highest BCUT2D eigenvalue weighted by Crippen LogP contribution is 2.19. The zero-order chi connectivity index (χ0) is 9.26. The van der Waals surface area contributed by atoms with Crippen molar-refractivity contribution in [2.75, 3.05) is 5.32 Å². The van der Waals surface area contributed by atoms with Crippen molar-refractivity contribution < 1.29 is 4.42 Å². The Morgan fingerprint density at radius 1 is 1.38 bits per heavy atom. The van der Waals surface area contributed by atoms with Gasteiger partial charge < -0.3 is 9.73 Å². The highest BCUT2D eigenvalue weighted by Gasteiger charge is 1.98. The van der Waals surface area contributed by atoms with E-state index in [9.17, 15) is 0 Å². The summed E-state index contributed by atoms with van der Waals surface area (Å²) in [6.07, 6.45) is 1.68. The van der Waals surface area contributed by atoms with E-state index in [-0.39, 0.29) is 0 Å². The van der Waals surface area contributed by atoms with E-state index in [0.29, 0.717) is 0 Å². The van der Waals surface area contributed by atoms with Crippen LogP contribution >= 0.6 is 12.2 Å². The monoisotopic (exact) mass is 191 g/mol. The van der Waals surface area contributed by atoms with Gasteiger partial charge in [-0.05, 0) is 31.2 Å². The van der Waals surface area contributed by atoms with E-state index < -0.39 is 0 Å². The van der Waals surface area contributed by atoms with Crippen LogP contribution in [-0.4, -0.2) is 4.99 Å². The van der Waals surface area contributed by atoms with Crippen molar-refractivity contribution >= 4 is 33.9 Å². The molecule has 0 aliphatic heterocycles. The van der Waals surface area contributed by atoms with Gasteiger partial charge in [-0.15, -0.1) is 0 Å². The summed E-state index contributed by atoms with van der Waals surface area (Å²) >= 11 is 4.95. The first-order valence-corrected chi connectivity index (χ1v) is 4.41. The number of anilines is 1. The van der Waals surface area contributed by atoms with Gasteiger partial charge in [0.15, 0.2) is 0 Å². The second-order valence-electron chi connectivity index (χ2n) is 2.85. The first-order chi connectivity index (χ1) is 6.25. The molecule has 0 atom stereocenters. The maximum atomic E-state index is 5.22. The molecular formula is C10H9NOS. The fourth-order valence-electron chi connectivity index (χ4n) is 1.25. The minimum absolute atomic E-state index is 0.767. The van der Waals surface area contributed by atoms with E-state index in [0.717, 1.165) is 21.6 Å². The second-order valence-corrected chi connectivity index (χ2v) is 3.47. The van der Waals surface area contributed by atoms with Crippen molar-refractivity contribution in [2.45, 2.75) is 6.92 Å². The molecule has 0 bridgehead atoms. The van der Waals surface area contributed by atoms with Crippen LogP contribution in [0.4, 0.5) is 5.69 Å². The summed E-state index contributed by atoms with van der Waals surface area (Å²) in [5.41, 5.74) is 1.90. The van der Waals surface area contributed by atoms with Crippen LogP contribution in [0, 0.1) is 0 Å². The molecule has 1 aromatic heterocycles. The first-order valence-electron chi connectivity index (χ1n) is 4.00. The fraction of sp³-hybridized carbons (Fsp3) is 0.100. The van der Waals surface area contributed by atoms with Crippen LogP contribution in [-0.2, 0) is 0 Å². The van der Waals surface area contributed by atoms with E-state index >= 15 is 0 Å². The van der Waals surface area contributed by atoms with E-state index in [4.69, 9.17) is 16.6 Å². The number of nitrogens with one attached hydrogen (secondary N) is 1. The summed E-state index contributed by atoms with van der Waals surface area (Å²) < 4.78 is 5.22. The molecule has 0 fully saturated rings. The van der Waals surface area contributed by atoms with E-state index in [1.165, 1.54) is 0 Å². The summed E-state index contributed by atoms with van der Waals surface area (Å²) in [4.78, 5) is 0.767. The first kappa shape index (κ1) is 8.26. The maximum Gasteiger partial charge on any atom is 0.133 e. The Kier molecular flexibility index (Phi) is 2.02. The molecule has 1 heterocycles. The van der Waals surface area contributed by atoms with Gasteiger partial charge in [-0.2, -0.15) is 0 Å². The van der Waals surface area contributed by atoms with Crippen molar-refractivity contribution in [2.24, 2.45) is 0 Å². The highest BCUT2D eigenvalue weighted by molar-refractivity contribution is 7.80. The van der Waals surface area contributed by atoms with Crippen LogP contribution in [0.15, 0.2) is 34.9 Å². The molecule has 3 heteroatoms. The number of fused-ring (bicyclic) bond motifs is 1. The average Bonchev–Trinajstić information content (AvgIpc) is 2.49. The molecule has 0 spiro atoms. The molecule has 0 unspecified atom stereocenters. The summed E-state index contributed by atoms with van der Waals surface area (Å²) in [6.45, 7) is 1.86. The Labute approximate surface area is 81.5 Å². The zero-order valence-electron chi connectivity index (χ0n) is 7.20. The number of thiocarbonyl (C=S) groups is 1. The predicted molar refractivity (Wildman–Crippen MR) is 58.1 cm³/mol. The molecule has 2 rings (SSSR count). The van der Waals surface area contributed by atoms with Gasteiger partial charge in [-0.25, -0.2) is 0 Å². The SMILES string of the molecule is CC(=S)Nc1ccc2occc2c1. The standard InChI is InChI=1S/C10H9NOS/c1-7(13)11-9-2-3-10-8(6-9)4-5-12-10/h2-6H,1H3,(H,11,13). The third-order valence-electron chi connectivity index (χ3n) is 1.77. The Morgan fingerprint density at radius 3 is 3.00 bits per heavy atom. The Morgan fingerprint density at radius 2 is 2.23 bits per heavy atom. The van der Waals surface area contributed by atoms with Gasteiger partial charge in [0.2, 0.25) is 0 Å². The summed E-state index contributed by atoms with van der Waals surface area (Å²) in [7, 11) is 0. The summed E-state index contributed by atoms with van der Waals surface area (Å²) in [6, 6.07) is 7.81. The van der Waals surface area contributed by atoms with Gasteiger partial charge >= 0.3 is 0 Å². The smallest absolute Gasteiger partial charge is 0.133 e. The normalized spacial score (nSPS) is 10.2. The minimum atomic E-state index is 0.767. The molecule has 0 aliphatic carbocycles.